The Balaban J connectivity index is 2.06. The molecule has 3 heterocycles. The molecule has 0 aliphatic heterocycles. The zero-order valence-electron chi connectivity index (χ0n) is 13.3. The van der Waals surface area contributed by atoms with Crippen LogP contribution in [0.25, 0.3) is 28.3 Å². The van der Waals surface area contributed by atoms with E-state index in [-0.39, 0.29) is 11.3 Å². The monoisotopic (exact) mass is 335 g/mol. The van der Waals surface area contributed by atoms with E-state index in [1.165, 1.54) is 18.2 Å². The maximum atomic E-state index is 14.4. The van der Waals surface area contributed by atoms with Gasteiger partial charge in [-0.3, -0.25) is 9.38 Å². The standard InChI is InChI=1S/C19H14FN3O2/c1-25-15-9-5-10-21-18(15)17-13-7-2-3-11-23(13)19(22-17)16-12(20)6-4-8-14(16)24/h2-11,24H,1H3. The van der Waals surface area contributed by atoms with Crippen molar-refractivity contribution in [2.75, 3.05) is 7.11 Å². The first-order chi connectivity index (χ1) is 12.2. The number of fused-ring (bicyclic) bond motifs is 1. The van der Waals surface area contributed by atoms with Crippen molar-refractivity contribution in [3.8, 4) is 34.3 Å². The van der Waals surface area contributed by atoms with Crippen LogP contribution < -0.4 is 4.74 Å². The van der Waals surface area contributed by atoms with E-state index in [1.54, 1.807) is 36.0 Å². The molecular formula is C19H14FN3O2. The number of ether oxygens (including phenoxy) is 1. The third-order valence-corrected chi connectivity index (χ3v) is 3.98. The minimum Gasteiger partial charge on any atom is -0.507 e. The highest BCUT2D eigenvalue weighted by Gasteiger charge is 2.21. The highest BCUT2D eigenvalue weighted by molar-refractivity contribution is 5.83. The van der Waals surface area contributed by atoms with E-state index in [1.807, 2.05) is 18.2 Å². The van der Waals surface area contributed by atoms with Gasteiger partial charge in [-0.2, -0.15) is 0 Å². The molecule has 0 atom stereocenters. The highest BCUT2D eigenvalue weighted by atomic mass is 19.1. The summed E-state index contributed by atoms with van der Waals surface area (Å²) in [6.45, 7) is 0. The number of hydrogen-bond acceptors (Lipinski definition) is 4. The van der Waals surface area contributed by atoms with Crippen LogP contribution in [-0.4, -0.2) is 26.6 Å². The Morgan fingerprint density at radius 1 is 1.04 bits per heavy atom. The molecule has 0 aliphatic rings. The number of rotatable bonds is 3. The first-order valence-corrected chi connectivity index (χ1v) is 7.65. The number of methoxy groups -OCH3 is 1. The van der Waals surface area contributed by atoms with Crippen molar-refractivity contribution in [1.29, 1.82) is 0 Å². The number of pyridine rings is 2. The van der Waals surface area contributed by atoms with Crippen LogP contribution in [0.2, 0.25) is 0 Å². The second-order valence-electron chi connectivity index (χ2n) is 5.43. The quantitative estimate of drug-likeness (QED) is 0.616. The minimum absolute atomic E-state index is 0.0462. The molecule has 3 aromatic heterocycles. The number of aromatic nitrogens is 3. The van der Waals surface area contributed by atoms with Gasteiger partial charge in [-0.15, -0.1) is 0 Å². The average Bonchev–Trinajstić information content (AvgIpc) is 3.01. The predicted octanol–water partition coefficient (Wildman–Crippen LogP) is 3.92. The summed E-state index contributed by atoms with van der Waals surface area (Å²) in [6.07, 6.45) is 3.41. The van der Waals surface area contributed by atoms with Crippen LogP contribution in [0.15, 0.2) is 60.9 Å². The molecule has 0 aliphatic carbocycles. The van der Waals surface area contributed by atoms with Gasteiger partial charge in [-0.25, -0.2) is 9.37 Å². The Morgan fingerprint density at radius 3 is 2.72 bits per heavy atom. The maximum absolute atomic E-state index is 14.4. The van der Waals surface area contributed by atoms with E-state index in [2.05, 4.69) is 9.97 Å². The lowest BCUT2D eigenvalue weighted by atomic mass is 10.2. The SMILES string of the molecule is COc1cccnc1-c1nc(-c2c(O)cccc2F)n2ccccc12. The van der Waals surface area contributed by atoms with Crippen LogP contribution in [0.1, 0.15) is 0 Å². The van der Waals surface area contributed by atoms with Gasteiger partial charge in [-0.1, -0.05) is 12.1 Å². The van der Waals surface area contributed by atoms with Crippen LogP contribution in [0.3, 0.4) is 0 Å². The van der Waals surface area contributed by atoms with Crippen molar-refractivity contribution in [3.05, 3.63) is 66.7 Å². The fraction of sp³-hybridized carbons (Fsp3) is 0.0526. The first kappa shape index (κ1) is 15.1. The normalized spacial score (nSPS) is 11.0. The molecule has 4 rings (SSSR count). The average molecular weight is 335 g/mol. The maximum Gasteiger partial charge on any atom is 0.152 e. The van der Waals surface area contributed by atoms with Crippen molar-refractivity contribution in [2.45, 2.75) is 0 Å². The van der Waals surface area contributed by atoms with Crippen LogP contribution >= 0.6 is 0 Å². The highest BCUT2D eigenvalue weighted by Crippen LogP contribution is 2.36. The number of hydrogen-bond donors (Lipinski definition) is 1. The molecule has 0 radical (unpaired) electrons. The molecule has 0 amide bonds. The van der Waals surface area contributed by atoms with Gasteiger partial charge in [0, 0.05) is 12.4 Å². The van der Waals surface area contributed by atoms with Gasteiger partial charge in [0.1, 0.15) is 28.7 Å². The molecule has 0 saturated carbocycles. The van der Waals surface area contributed by atoms with Crippen LogP contribution in [0.5, 0.6) is 11.5 Å². The number of imidazole rings is 1. The Kier molecular flexibility index (Phi) is 3.57. The summed E-state index contributed by atoms with van der Waals surface area (Å²) < 4.78 is 21.5. The molecular weight excluding hydrogens is 321 g/mol. The third kappa shape index (κ3) is 2.39. The van der Waals surface area contributed by atoms with Gasteiger partial charge < -0.3 is 9.84 Å². The van der Waals surface area contributed by atoms with E-state index >= 15 is 0 Å². The summed E-state index contributed by atoms with van der Waals surface area (Å²) in [6, 6.07) is 13.3. The molecule has 0 spiro atoms. The molecule has 1 aromatic carbocycles. The van der Waals surface area contributed by atoms with E-state index in [0.717, 1.165) is 5.52 Å². The summed E-state index contributed by atoms with van der Waals surface area (Å²) >= 11 is 0. The summed E-state index contributed by atoms with van der Waals surface area (Å²) in [4.78, 5) is 8.95. The number of nitrogens with zero attached hydrogens (tertiary/aromatic N) is 3. The summed E-state index contributed by atoms with van der Waals surface area (Å²) in [7, 11) is 1.56. The summed E-state index contributed by atoms with van der Waals surface area (Å²) in [5.41, 5.74) is 1.88. The Bertz CT molecular complexity index is 1060. The summed E-state index contributed by atoms with van der Waals surface area (Å²) in [5.74, 6) is 0.148. The molecule has 0 bridgehead atoms. The zero-order valence-corrected chi connectivity index (χ0v) is 13.3. The van der Waals surface area contributed by atoms with Crippen LogP contribution in [0.4, 0.5) is 4.39 Å². The molecule has 4 aromatic rings. The second-order valence-corrected chi connectivity index (χ2v) is 5.43. The van der Waals surface area contributed by atoms with Gasteiger partial charge >= 0.3 is 0 Å². The topological polar surface area (TPSA) is 59.7 Å². The van der Waals surface area contributed by atoms with Crippen molar-refractivity contribution < 1.29 is 14.2 Å². The van der Waals surface area contributed by atoms with Gasteiger partial charge in [0.15, 0.2) is 5.82 Å². The van der Waals surface area contributed by atoms with Crippen molar-refractivity contribution in [3.63, 3.8) is 0 Å². The third-order valence-electron chi connectivity index (χ3n) is 3.98. The fourth-order valence-corrected chi connectivity index (χ4v) is 2.86. The Morgan fingerprint density at radius 2 is 1.92 bits per heavy atom. The molecule has 25 heavy (non-hydrogen) atoms. The smallest absolute Gasteiger partial charge is 0.152 e. The minimum atomic E-state index is -0.546. The van der Waals surface area contributed by atoms with Gasteiger partial charge in [-0.05, 0) is 36.4 Å². The Hall–Kier alpha value is -3.41. The number of aromatic hydroxyl groups is 1. The lowest BCUT2D eigenvalue weighted by molar-refractivity contribution is 0.414. The fourth-order valence-electron chi connectivity index (χ4n) is 2.86. The van der Waals surface area contributed by atoms with Gasteiger partial charge in [0.05, 0.1) is 18.2 Å². The van der Waals surface area contributed by atoms with Gasteiger partial charge in [0.2, 0.25) is 0 Å². The largest absolute Gasteiger partial charge is 0.507 e. The van der Waals surface area contributed by atoms with E-state index in [9.17, 15) is 9.50 Å². The van der Waals surface area contributed by atoms with E-state index in [0.29, 0.717) is 23.0 Å². The number of halogens is 1. The lowest BCUT2D eigenvalue weighted by Gasteiger charge is -2.04. The first-order valence-electron chi connectivity index (χ1n) is 7.65. The molecule has 0 saturated heterocycles. The number of benzene rings is 1. The van der Waals surface area contributed by atoms with Crippen LogP contribution in [0, 0.1) is 5.82 Å². The van der Waals surface area contributed by atoms with E-state index < -0.39 is 5.82 Å². The molecule has 5 nitrogen and oxygen atoms in total. The van der Waals surface area contributed by atoms with Crippen molar-refractivity contribution >= 4 is 5.52 Å². The molecule has 6 heteroatoms. The van der Waals surface area contributed by atoms with E-state index in [4.69, 9.17) is 4.74 Å². The molecule has 124 valence electrons. The van der Waals surface area contributed by atoms with Gasteiger partial charge in [0.25, 0.3) is 0 Å². The lowest BCUT2D eigenvalue weighted by Crippen LogP contribution is -1.92. The zero-order chi connectivity index (χ0) is 17.4. The number of phenolic OH excluding ortho intramolecular Hbond substituents is 1. The molecule has 0 fully saturated rings. The van der Waals surface area contributed by atoms with Crippen molar-refractivity contribution in [2.24, 2.45) is 0 Å². The number of phenols is 1. The summed E-state index contributed by atoms with van der Waals surface area (Å²) in [5, 5.41) is 10.2. The second kappa shape index (κ2) is 5.90. The Labute approximate surface area is 143 Å². The van der Waals surface area contributed by atoms with Crippen molar-refractivity contribution in [1.82, 2.24) is 14.4 Å². The molecule has 0 unspecified atom stereocenters. The van der Waals surface area contributed by atoms with Crippen LogP contribution in [-0.2, 0) is 0 Å². The predicted molar refractivity (Wildman–Crippen MR) is 92.0 cm³/mol. The molecule has 1 N–H and O–H groups in total.